The minimum atomic E-state index is -3.77. The Morgan fingerprint density at radius 3 is 2.48 bits per heavy atom. The SMILES string of the molecule is Cn1c(=O)ccc2ccc(NC(=O)c3ccc(NS(=O)(=O)c4cccs4)cc3O)cc21. The first-order chi connectivity index (χ1) is 14.7. The second-order valence-electron chi connectivity index (χ2n) is 6.73. The number of phenolic OH excluding ortho intramolecular Hbond substituents is 1. The fourth-order valence-corrected chi connectivity index (χ4v) is 5.09. The zero-order valence-electron chi connectivity index (χ0n) is 16.2. The van der Waals surface area contributed by atoms with Gasteiger partial charge in [0, 0.05) is 24.9 Å². The van der Waals surface area contributed by atoms with Crippen LogP contribution >= 0.6 is 11.3 Å². The smallest absolute Gasteiger partial charge is 0.271 e. The maximum Gasteiger partial charge on any atom is 0.271 e. The number of phenols is 1. The van der Waals surface area contributed by atoms with E-state index in [0.717, 1.165) is 16.7 Å². The molecule has 0 atom stereocenters. The maximum atomic E-state index is 12.6. The Hall–Kier alpha value is -3.63. The Morgan fingerprint density at radius 2 is 1.77 bits per heavy atom. The van der Waals surface area contributed by atoms with Crippen LogP contribution < -0.4 is 15.6 Å². The Balaban J connectivity index is 1.56. The standard InChI is InChI=1S/C21H17N3O5S2/c1-24-17-11-14(6-4-13(17)5-9-19(24)26)22-21(27)16-8-7-15(12-18(16)25)23-31(28,29)20-3-2-10-30-20/h2-12,23,25H,1H3,(H,22,27). The van der Waals surface area contributed by atoms with Gasteiger partial charge in [-0.25, -0.2) is 8.42 Å². The number of nitrogens with one attached hydrogen (secondary N) is 2. The highest BCUT2D eigenvalue weighted by atomic mass is 32.2. The van der Waals surface area contributed by atoms with E-state index in [4.69, 9.17) is 0 Å². The monoisotopic (exact) mass is 455 g/mol. The minimum Gasteiger partial charge on any atom is -0.507 e. The lowest BCUT2D eigenvalue weighted by Crippen LogP contribution is -2.16. The molecular weight excluding hydrogens is 438 g/mol. The molecule has 0 spiro atoms. The van der Waals surface area contributed by atoms with Gasteiger partial charge in [0.2, 0.25) is 0 Å². The number of benzene rings is 2. The van der Waals surface area contributed by atoms with Gasteiger partial charge in [-0.1, -0.05) is 12.1 Å². The molecule has 0 fully saturated rings. The molecule has 10 heteroatoms. The third kappa shape index (κ3) is 4.16. The van der Waals surface area contributed by atoms with Crippen LogP contribution in [0.3, 0.4) is 0 Å². The lowest BCUT2D eigenvalue weighted by atomic mass is 10.1. The first-order valence-corrected chi connectivity index (χ1v) is 11.4. The molecule has 2 heterocycles. The molecule has 4 rings (SSSR count). The molecule has 0 radical (unpaired) electrons. The van der Waals surface area contributed by atoms with Crippen molar-refractivity contribution in [3.8, 4) is 5.75 Å². The molecule has 3 N–H and O–H groups in total. The highest BCUT2D eigenvalue weighted by Gasteiger charge is 2.18. The highest BCUT2D eigenvalue weighted by Crippen LogP contribution is 2.26. The number of aromatic nitrogens is 1. The molecule has 8 nitrogen and oxygen atoms in total. The van der Waals surface area contributed by atoms with E-state index in [-0.39, 0.29) is 26.8 Å². The Labute approximate surface area is 181 Å². The van der Waals surface area contributed by atoms with Crippen LogP contribution in [0.2, 0.25) is 0 Å². The summed E-state index contributed by atoms with van der Waals surface area (Å²) in [6, 6.07) is 15.3. The minimum absolute atomic E-state index is 0.0267. The third-order valence-corrected chi connectivity index (χ3v) is 7.42. The lowest BCUT2D eigenvalue weighted by Gasteiger charge is -2.11. The second-order valence-corrected chi connectivity index (χ2v) is 9.58. The number of hydrogen-bond acceptors (Lipinski definition) is 6. The van der Waals surface area contributed by atoms with Gasteiger partial charge in [0.1, 0.15) is 9.96 Å². The second kappa shape index (κ2) is 7.89. The Morgan fingerprint density at radius 1 is 1.03 bits per heavy atom. The third-order valence-electron chi connectivity index (χ3n) is 4.64. The lowest BCUT2D eigenvalue weighted by molar-refractivity contribution is 0.102. The number of hydrogen-bond donors (Lipinski definition) is 3. The quantitative estimate of drug-likeness (QED) is 0.427. The molecule has 0 saturated heterocycles. The average Bonchev–Trinajstić information content (AvgIpc) is 3.27. The molecule has 4 aromatic rings. The summed E-state index contributed by atoms with van der Waals surface area (Å²) in [5.74, 6) is -0.956. The Bertz CT molecular complexity index is 1460. The topological polar surface area (TPSA) is 118 Å². The van der Waals surface area contributed by atoms with Crippen molar-refractivity contribution in [2.75, 3.05) is 10.0 Å². The van der Waals surface area contributed by atoms with Crippen LogP contribution in [0.1, 0.15) is 10.4 Å². The zero-order chi connectivity index (χ0) is 22.2. The van der Waals surface area contributed by atoms with Gasteiger partial charge in [0.05, 0.1) is 16.8 Å². The van der Waals surface area contributed by atoms with Gasteiger partial charge in [-0.15, -0.1) is 11.3 Å². The molecule has 2 aromatic heterocycles. The van der Waals surface area contributed by atoms with Crippen molar-refractivity contribution < 1.29 is 18.3 Å². The van der Waals surface area contributed by atoms with E-state index in [9.17, 15) is 23.1 Å². The molecule has 0 aliphatic heterocycles. The van der Waals surface area contributed by atoms with Crippen LogP contribution in [-0.4, -0.2) is 24.0 Å². The summed E-state index contributed by atoms with van der Waals surface area (Å²) in [6.45, 7) is 0. The normalized spacial score (nSPS) is 11.4. The van der Waals surface area contributed by atoms with Crippen LogP contribution in [0.15, 0.2) is 75.0 Å². The summed E-state index contributed by atoms with van der Waals surface area (Å²) in [5, 5.41) is 15.4. The summed E-state index contributed by atoms with van der Waals surface area (Å²) >= 11 is 1.07. The molecular formula is C21H17N3O5S2. The van der Waals surface area contributed by atoms with Crippen molar-refractivity contribution in [1.82, 2.24) is 4.57 Å². The predicted molar refractivity (Wildman–Crippen MR) is 120 cm³/mol. The van der Waals surface area contributed by atoms with Crippen molar-refractivity contribution in [2.24, 2.45) is 7.05 Å². The van der Waals surface area contributed by atoms with Crippen LogP contribution in [0.4, 0.5) is 11.4 Å². The summed E-state index contributed by atoms with van der Waals surface area (Å²) in [6.07, 6.45) is 0. The number of pyridine rings is 1. The van der Waals surface area contributed by atoms with Gasteiger partial charge in [-0.2, -0.15) is 0 Å². The number of carbonyl (C=O) groups excluding carboxylic acids is 1. The summed E-state index contributed by atoms with van der Waals surface area (Å²) in [4.78, 5) is 24.5. The molecule has 31 heavy (non-hydrogen) atoms. The largest absolute Gasteiger partial charge is 0.507 e. The van der Waals surface area contributed by atoms with Crippen LogP contribution in [0.5, 0.6) is 5.75 Å². The van der Waals surface area contributed by atoms with E-state index in [2.05, 4.69) is 10.0 Å². The van der Waals surface area contributed by atoms with E-state index in [1.807, 2.05) is 0 Å². The summed E-state index contributed by atoms with van der Waals surface area (Å²) in [5.41, 5.74) is 1.02. The molecule has 0 aliphatic rings. The van der Waals surface area contributed by atoms with Crippen LogP contribution in [-0.2, 0) is 17.1 Å². The Kier molecular flexibility index (Phi) is 5.25. The van der Waals surface area contributed by atoms with E-state index in [1.165, 1.54) is 34.9 Å². The number of carbonyl (C=O) groups is 1. The van der Waals surface area contributed by atoms with Crippen LogP contribution in [0.25, 0.3) is 10.9 Å². The molecule has 0 saturated carbocycles. The fourth-order valence-electron chi connectivity index (χ4n) is 3.05. The van der Waals surface area contributed by atoms with Crippen molar-refractivity contribution in [3.63, 3.8) is 0 Å². The first kappa shape index (κ1) is 20.6. The average molecular weight is 456 g/mol. The van der Waals surface area contributed by atoms with Crippen molar-refractivity contribution in [3.05, 3.63) is 82.0 Å². The van der Waals surface area contributed by atoms with Gasteiger partial charge in [-0.05, 0) is 47.2 Å². The summed E-state index contributed by atoms with van der Waals surface area (Å²) < 4.78 is 28.6. The van der Waals surface area contributed by atoms with E-state index < -0.39 is 15.9 Å². The number of fused-ring (bicyclic) bond motifs is 1. The number of rotatable bonds is 5. The number of aryl methyl sites for hydroxylation is 1. The number of anilines is 2. The molecule has 0 bridgehead atoms. The number of nitrogens with zero attached hydrogens (tertiary/aromatic N) is 1. The predicted octanol–water partition coefficient (Wildman–Crippen LogP) is 3.36. The van der Waals surface area contributed by atoms with Gasteiger partial charge in [0.15, 0.2) is 0 Å². The maximum absolute atomic E-state index is 12.6. The van der Waals surface area contributed by atoms with E-state index in [0.29, 0.717) is 11.2 Å². The van der Waals surface area contributed by atoms with E-state index in [1.54, 1.807) is 42.8 Å². The van der Waals surface area contributed by atoms with Gasteiger partial charge in [-0.3, -0.25) is 14.3 Å². The number of thiophene rings is 1. The van der Waals surface area contributed by atoms with Crippen LogP contribution in [0, 0.1) is 0 Å². The van der Waals surface area contributed by atoms with Crippen molar-refractivity contribution >= 4 is 49.5 Å². The van der Waals surface area contributed by atoms with Gasteiger partial charge in [0.25, 0.3) is 21.5 Å². The highest BCUT2D eigenvalue weighted by molar-refractivity contribution is 7.94. The zero-order valence-corrected chi connectivity index (χ0v) is 17.8. The van der Waals surface area contributed by atoms with Crippen molar-refractivity contribution in [2.45, 2.75) is 4.21 Å². The molecule has 0 unspecified atom stereocenters. The molecule has 2 aromatic carbocycles. The van der Waals surface area contributed by atoms with Crippen molar-refractivity contribution in [1.29, 1.82) is 0 Å². The van der Waals surface area contributed by atoms with Gasteiger partial charge >= 0.3 is 0 Å². The molecule has 158 valence electrons. The van der Waals surface area contributed by atoms with Gasteiger partial charge < -0.3 is 15.0 Å². The fraction of sp³-hybridized carbons (Fsp3) is 0.0476. The number of amides is 1. The molecule has 1 amide bonds. The summed E-state index contributed by atoms with van der Waals surface area (Å²) in [7, 11) is -2.13. The number of aromatic hydroxyl groups is 1. The molecule has 0 aliphatic carbocycles. The number of sulfonamides is 1. The first-order valence-electron chi connectivity index (χ1n) is 9.05. The van der Waals surface area contributed by atoms with E-state index >= 15 is 0 Å².